The van der Waals surface area contributed by atoms with Gasteiger partial charge in [-0.3, -0.25) is 20.9 Å². The predicted octanol–water partition coefficient (Wildman–Crippen LogP) is 3.25. The normalized spacial score (nSPS) is 11.4. The molecule has 0 spiro atoms. The molecule has 0 saturated carbocycles. The van der Waals surface area contributed by atoms with Crippen molar-refractivity contribution in [2.75, 3.05) is 0 Å². The average molecular weight is 367 g/mol. The highest BCUT2D eigenvalue weighted by Gasteiger charge is 2.19. The fraction of sp³-hybridized carbons (Fsp3) is 0.312. The van der Waals surface area contributed by atoms with Gasteiger partial charge in [0.2, 0.25) is 0 Å². The minimum Gasteiger partial charge on any atom is -0.290 e. The molecule has 6 nitrogen and oxygen atoms in total. The van der Waals surface area contributed by atoms with Crippen LogP contribution in [-0.2, 0) is 11.3 Å². The first-order valence-corrected chi connectivity index (χ1v) is 8.59. The highest BCUT2D eigenvalue weighted by molar-refractivity contribution is 7.98. The SMILES string of the molecule is CC(C)(C)n1ncc(SCc2ccc(C(=N)NO)cc2)c(Cl)c1=O. The number of hydrogen-bond acceptors (Lipinski definition) is 5. The van der Waals surface area contributed by atoms with Gasteiger partial charge in [0.1, 0.15) is 10.9 Å². The first-order valence-electron chi connectivity index (χ1n) is 7.23. The van der Waals surface area contributed by atoms with Gasteiger partial charge in [-0.15, -0.1) is 11.8 Å². The Morgan fingerprint density at radius 3 is 2.54 bits per heavy atom. The summed E-state index contributed by atoms with van der Waals surface area (Å²) in [5.74, 6) is 0.549. The van der Waals surface area contributed by atoms with Crippen molar-refractivity contribution < 1.29 is 5.21 Å². The van der Waals surface area contributed by atoms with E-state index in [-0.39, 0.29) is 16.4 Å². The quantitative estimate of drug-likeness (QED) is 0.334. The third-order valence-corrected chi connectivity index (χ3v) is 4.85. The van der Waals surface area contributed by atoms with E-state index in [4.69, 9.17) is 22.2 Å². The van der Waals surface area contributed by atoms with E-state index in [0.29, 0.717) is 16.2 Å². The molecule has 3 N–H and O–H groups in total. The first kappa shape index (κ1) is 18.5. The Labute approximate surface area is 149 Å². The lowest BCUT2D eigenvalue weighted by Crippen LogP contribution is -2.36. The van der Waals surface area contributed by atoms with Crippen molar-refractivity contribution in [1.82, 2.24) is 15.3 Å². The maximum atomic E-state index is 12.3. The standard InChI is InChI=1S/C16H19ClN4O2S/c1-16(2,3)21-15(22)13(17)12(8-19-21)24-9-10-4-6-11(7-5-10)14(18)20-23/h4-8,23H,9H2,1-3H3,(H2,18,20). The minimum atomic E-state index is -0.426. The maximum absolute atomic E-state index is 12.3. The molecule has 0 aliphatic heterocycles. The van der Waals surface area contributed by atoms with Crippen molar-refractivity contribution in [2.45, 2.75) is 37.0 Å². The van der Waals surface area contributed by atoms with Crippen LogP contribution in [0.15, 0.2) is 40.2 Å². The van der Waals surface area contributed by atoms with Crippen molar-refractivity contribution in [3.63, 3.8) is 0 Å². The molecule has 0 radical (unpaired) electrons. The van der Waals surface area contributed by atoms with Crippen LogP contribution >= 0.6 is 23.4 Å². The van der Waals surface area contributed by atoms with Crippen molar-refractivity contribution in [3.05, 3.63) is 57.0 Å². The first-order chi connectivity index (χ1) is 11.2. The Bertz CT molecular complexity index is 797. The Hall–Kier alpha value is -1.83. The summed E-state index contributed by atoms with van der Waals surface area (Å²) < 4.78 is 1.38. The van der Waals surface area contributed by atoms with Crippen LogP contribution in [0.5, 0.6) is 0 Å². The van der Waals surface area contributed by atoms with Crippen LogP contribution in [0.1, 0.15) is 31.9 Å². The molecule has 1 aromatic carbocycles. The number of rotatable bonds is 4. The number of nitrogens with zero attached hydrogens (tertiary/aromatic N) is 2. The molecule has 0 unspecified atom stereocenters. The van der Waals surface area contributed by atoms with E-state index in [2.05, 4.69) is 5.10 Å². The zero-order chi connectivity index (χ0) is 17.9. The molecule has 0 fully saturated rings. The predicted molar refractivity (Wildman–Crippen MR) is 96.3 cm³/mol. The molecular weight excluding hydrogens is 348 g/mol. The van der Waals surface area contributed by atoms with Crippen LogP contribution in [0.4, 0.5) is 0 Å². The number of amidine groups is 1. The summed E-state index contributed by atoms with van der Waals surface area (Å²) in [5, 5.41) is 20.6. The molecule has 1 aromatic heterocycles. The Kier molecular flexibility index (Phi) is 5.69. The Balaban J connectivity index is 2.14. The highest BCUT2D eigenvalue weighted by atomic mass is 35.5. The van der Waals surface area contributed by atoms with E-state index < -0.39 is 5.54 Å². The zero-order valence-corrected chi connectivity index (χ0v) is 15.2. The molecule has 0 aliphatic carbocycles. The van der Waals surface area contributed by atoms with Crippen LogP contribution in [0.2, 0.25) is 5.02 Å². The Morgan fingerprint density at radius 2 is 2.00 bits per heavy atom. The van der Waals surface area contributed by atoms with Gasteiger partial charge in [0, 0.05) is 11.3 Å². The summed E-state index contributed by atoms with van der Waals surface area (Å²) in [6.07, 6.45) is 1.61. The monoisotopic (exact) mass is 366 g/mol. The second-order valence-electron chi connectivity index (χ2n) is 6.18. The van der Waals surface area contributed by atoms with Gasteiger partial charge < -0.3 is 0 Å². The number of benzene rings is 1. The Morgan fingerprint density at radius 1 is 1.38 bits per heavy atom. The zero-order valence-electron chi connectivity index (χ0n) is 13.6. The highest BCUT2D eigenvalue weighted by Crippen LogP contribution is 2.27. The summed E-state index contributed by atoms with van der Waals surface area (Å²) >= 11 is 7.63. The van der Waals surface area contributed by atoms with Crippen molar-refractivity contribution >= 4 is 29.2 Å². The van der Waals surface area contributed by atoms with Crippen LogP contribution in [0, 0.1) is 5.41 Å². The van der Waals surface area contributed by atoms with E-state index in [9.17, 15) is 4.79 Å². The lowest BCUT2D eigenvalue weighted by atomic mass is 10.1. The van der Waals surface area contributed by atoms with Gasteiger partial charge in [0.15, 0.2) is 0 Å². The summed E-state index contributed by atoms with van der Waals surface area (Å²) in [4.78, 5) is 12.9. The summed E-state index contributed by atoms with van der Waals surface area (Å²) in [5.41, 5.74) is 2.67. The van der Waals surface area contributed by atoms with E-state index in [1.807, 2.05) is 32.9 Å². The van der Waals surface area contributed by atoms with Gasteiger partial charge in [-0.25, -0.2) is 4.68 Å². The molecule has 8 heteroatoms. The van der Waals surface area contributed by atoms with Gasteiger partial charge in [-0.05, 0) is 26.3 Å². The van der Waals surface area contributed by atoms with Crippen molar-refractivity contribution in [3.8, 4) is 0 Å². The maximum Gasteiger partial charge on any atom is 0.287 e. The largest absolute Gasteiger partial charge is 0.290 e. The minimum absolute atomic E-state index is 0.0627. The van der Waals surface area contributed by atoms with E-state index >= 15 is 0 Å². The van der Waals surface area contributed by atoms with Gasteiger partial charge in [-0.2, -0.15) is 5.10 Å². The molecule has 1 heterocycles. The molecule has 0 bridgehead atoms. The fourth-order valence-corrected chi connectivity index (χ4v) is 3.13. The van der Waals surface area contributed by atoms with Crippen molar-refractivity contribution in [1.29, 1.82) is 5.41 Å². The molecule has 2 rings (SSSR count). The van der Waals surface area contributed by atoms with E-state index in [1.54, 1.807) is 23.8 Å². The lowest BCUT2D eigenvalue weighted by Gasteiger charge is -2.21. The molecular formula is C16H19ClN4O2S. The van der Waals surface area contributed by atoms with Gasteiger partial charge >= 0.3 is 0 Å². The molecule has 0 saturated heterocycles. The smallest absolute Gasteiger partial charge is 0.287 e. The van der Waals surface area contributed by atoms with Crippen LogP contribution in [-0.4, -0.2) is 20.8 Å². The van der Waals surface area contributed by atoms with E-state index in [1.165, 1.54) is 16.4 Å². The van der Waals surface area contributed by atoms with Crippen LogP contribution in [0.25, 0.3) is 0 Å². The third kappa shape index (κ3) is 4.17. The topological polar surface area (TPSA) is 91.0 Å². The number of thioether (sulfide) groups is 1. The number of nitrogens with one attached hydrogen (secondary N) is 2. The second-order valence-corrected chi connectivity index (χ2v) is 7.58. The molecule has 2 aromatic rings. The number of aromatic nitrogens is 2. The lowest BCUT2D eigenvalue weighted by molar-refractivity contribution is 0.234. The average Bonchev–Trinajstić information content (AvgIpc) is 2.54. The van der Waals surface area contributed by atoms with Gasteiger partial charge in [0.25, 0.3) is 5.56 Å². The second kappa shape index (κ2) is 7.38. The van der Waals surface area contributed by atoms with E-state index in [0.717, 1.165) is 5.56 Å². The van der Waals surface area contributed by atoms with Gasteiger partial charge in [-0.1, -0.05) is 35.9 Å². The number of hydroxylamine groups is 1. The molecule has 24 heavy (non-hydrogen) atoms. The summed E-state index contributed by atoms with van der Waals surface area (Å²) in [6.45, 7) is 5.68. The molecule has 0 aliphatic rings. The summed E-state index contributed by atoms with van der Waals surface area (Å²) in [7, 11) is 0. The third-order valence-electron chi connectivity index (χ3n) is 3.27. The van der Waals surface area contributed by atoms with Gasteiger partial charge in [0.05, 0.1) is 16.6 Å². The fourth-order valence-electron chi connectivity index (χ4n) is 1.99. The molecule has 0 atom stereocenters. The molecule has 0 amide bonds. The number of halogens is 1. The van der Waals surface area contributed by atoms with Crippen molar-refractivity contribution in [2.24, 2.45) is 0 Å². The van der Waals surface area contributed by atoms with Crippen LogP contribution < -0.4 is 11.0 Å². The molecule has 128 valence electrons. The number of hydrogen-bond donors (Lipinski definition) is 3. The summed E-state index contributed by atoms with van der Waals surface area (Å²) in [6, 6.07) is 7.18. The van der Waals surface area contributed by atoms with Crippen LogP contribution in [0.3, 0.4) is 0 Å².